The maximum atomic E-state index is 13.4. The van der Waals surface area contributed by atoms with Gasteiger partial charge in [-0.15, -0.1) is 0 Å². The van der Waals surface area contributed by atoms with Crippen molar-refractivity contribution < 1.29 is 35.9 Å². The van der Waals surface area contributed by atoms with Crippen LogP contribution in [-0.4, -0.2) is 18.3 Å². The lowest BCUT2D eigenvalue weighted by atomic mass is 9.88. The van der Waals surface area contributed by atoms with Crippen molar-refractivity contribution in [1.82, 2.24) is 0 Å². The summed E-state index contributed by atoms with van der Waals surface area (Å²) < 4.78 is 84.6. The fourth-order valence-corrected chi connectivity index (χ4v) is 1.76. The van der Waals surface area contributed by atoms with Crippen LogP contribution in [0.15, 0.2) is 30.3 Å². The van der Waals surface area contributed by atoms with Gasteiger partial charge in [0.15, 0.2) is 0 Å². The van der Waals surface area contributed by atoms with Crippen molar-refractivity contribution in [1.29, 1.82) is 0 Å². The molecule has 1 aromatic carbocycles. The molecule has 0 saturated heterocycles. The van der Waals surface area contributed by atoms with Gasteiger partial charge in [-0.3, -0.25) is 4.79 Å². The highest BCUT2D eigenvalue weighted by molar-refractivity contribution is 5.76. The Morgan fingerprint density at radius 2 is 1.39 bits per heavy atom. The SMILES string of the molecule is CCC(C)(C)C(=O)OC(c1ccccc1)(C(F)(F)F)C(F)(F)F. The average molecular weight is 342 g/mol. The molecule has 0 bridgehead atoms. The highest BCUT2D eigenvalue weighted by atomic mass is 19.4. The standard InChI is InChI=1S/C15H16F6O2/c1-4-12(2,3)11(22)23-13(14(16,17)18,15(19,20)21)10-8-6-5-7-9-10/h5-9H,4H2,1-3H3. The van der Waals surface area contributed by atoms with Crippen molar-refractivity contribution in [3.8, 4) is 0 Å². The molecule has 23 heavy (non-hydrogen) atoms. The van der Waals surface area contributed by atoms with Crippen LogP contribution >= 0.6 is 0 Å². The third-order valence-corrected chi connectivity index (χ3v) is 3.66. The van der Waals surface area contributed by atoms with Gasteiger partial charge in [-0.25, -0.2) is 0 Å². The average Bonchev–Trinajstić information content (AvgIpc) is 2.42. The van der Waals surface area contributed by atoms with Crippen molar-refractivity contribution in [2.75, 3.05) is 0 Å². The van der Waals surface area contributed by atoms with E-state index in [9.17, 15) is 31.1 Å². The molecule has 0 saturated carbocycles. The Morgan fingerprint density at radius 3 is 1.74 bits per heavy atom. The van der Waals surface area contributed by atoms with E-state index in [1.165, 1.54) is 26.8 Å². The lowest BCUT2D eigenvalue weighted by Crippen LogP contribution is -2.58. The Hall–Kier alpha value is -1.73. The van der Waals surface area contributed by atoms with Crippen LogP contribution in [0, 0.1) is 5.41 Å². The topological polar surface area (TPSA) is 26.3 Å². The fraction of sp³-hybridized carbons (Fsp3) is 0.533. The summed E-state index contributed by atoms with van der Waals surface area (Å²) >= 11 is 0. The number of hydrogen-bond donors (Lipinski definition) is 0. The largest absolute Gasteiger partial charge is 0.442 e. The summed E-state index contributed by atoms with van der Waals surface area (Å²) in [5.74, 6) is -1.57. The van der Waals surface area contributed by atoms with E-state index in [2.05, 4.69) is 4.74 Å². The highest BCUT2D eigenvalue weighted by Gasteiger charge is 2.75. The first-order valence-electron chi connectivity index (χ1n) is 6.72. The van der Waals surface area contributed by atoms with Gasteiger partial charge >= 0.3 is 23.9 Å². The first kappa shape index (κ1) is 19.3. The molecular weight excluding hydrogens is 326 g/mol. The van der Waals surface area contributed by atoms with E-state index in [-0.39, 0.29) is 6.42 Å². The summed E-state index contributed by atoms with van der Waals surface area (Å²) in [4.78, 5) is 12.0. The third-order valence-electron chi connectivity index (χ3n) is 3.66. The molecule has 0 atom stereocenters. The fourth-order valence-electron chi connectivity index (χ4n) is 1.76. The van der Waals surface area contributed by atoms with Crippen LogP contribution in [-0.2, 0) is 15.1 Å². The van der Waals surface area contributed by atoms with E-state index in [1.54, 1.807) is 0 Å². The Kier molecular flexibility index (Phi) is 5.08. The van der Waals surface area contributed by atoms with E-state index in [1.807, 2.05) is 0 Å². The Morgan fingerprint density at radius 1 is 0.957 bits per heavy atom. The number of esters is 1. The van der Waals surface area contributed by atoms with E-state index in [0.29, 0.717) is 12.1 Å². The first-order valence-corrected chi connectivity index (χ1v) is 6.72. The molecule has 2 nitrogen and oxygen atoms in total. The minimum absolute atomic E-state index is 0.0203. The lowest BCUT2D eigenvalue weighted by molar-refractivity contribution is -0.379. The maximum Gasteiger partial charge on any atom is 0.442 e. The second-order valence-electron chi connectivity index (χ2n) is 5.67. The molecule has 0 aliphatic heterocycles. The predicted octanol–water partition coefficient (Wildman–Crippen LogP) is 4.99. The molecule has 0 aliphatic rings. The molecule has 0 radical (unpaired) electrons. The quantitative estimate of drug-likeness (QED) is 0.569. The van der Waals surface area contributed by atoms with Gasteiger partial charge in [0.2, 0.25) is 0 Å². The van der Waals surface area contributed by atoms with Gasteiger partial charge in [0.25, 0.3) is 0 Å². The van der Waals surface area contributed by atoms with Crippen molar-refractivity contribution >= 4 is 5.97 Å². The van der Waals surface area contributed by atoms with Gasteiger partial charge in [-0.2, -0.15) is 26.3 Å². The predicted molar refractivity (Wildman–Crippen MR) is 70.4 cm³/mol. The maximum absolute atomic E-state index is 13.4. The number of hydrogen-bond acceptors (Lipinski definition) is 2. The van der Waals surface area contributed by atoms with Gasteiger partial charge in [0.05, 0.1) is 5.41 Å². The van der Waals surface area contributed by atoms with Gasteiger partial charge < -0.3 is 4.74 Å². The molecule has 0 heterocycles. The van der Waals surface area contributed by atoms with Gasteiger partial charge in [0.1, 0.15) is 0 Å². The van der Waals surface area contributed by atoms with Crippen LogP contribution in [0.25, 0.3) is 0 Å². The summed E-state index contributed by atoms with van der Waals surface area (Å²) in [6.45, 7) is 3.91. The molecule has 1 aromatic rings. The van der Waals surface area contributed by atoms with Crippen LogP contribution in [0.1, 0.15) is 32.8 Å². The molecule has 0 aliphatic carbocycles. The molecule has 0 unspecified atom stereocenters. The minimum atomic E-state index is -5.87. The van der Waals surface area contributed by atoms with E-state index >= 15 is 0 Å². The normalized spacial score (nSPS) is 13.8. The summed E-state index contributed by atoms with van der Waals surface area (Å²) in [5.41, 5.74) is -7.39. The monoisotopic (exact) mass is 342 g/mol. The zero-order valence-electron chi connectivity index (χ0n) is 12.7. The minimum Gasteiger partial charge on any atom is -0.434 e. The summed E-state index contributed by atoms with van der Waals surface area (Å²) in [7, 11) is 0. The van der Waals surface area contributed by atoms with E-state index < -0.39 is 34.9 Å². The van der Waals surface area contributed by atoms with Crippen LogP contribution in [0.5, 0.6) is 0 Å². The lowest BCUT2D eigenvalue weighted by Gasteiger charge is -2.38. The number of rotatable bonds is 4. The second-order valence-corrected chi connectivity index (χ2v) is 5.67. The zero-order valence-corrected chi connectivity index (χ0v) is 12.7. The summed E-state index contributed by atoms with van der Waals surface area (Å²) in [6.07, 6.45) is -11.7. The number of benzene rings is 1. The van der Waals surface area contributed by atoms with Gasteiger partial charge in [-0.1, -0.05) is 37.3 Å². The van der Waals surface area contributed by atoms with E-state index in [4.69, 9.17) is 0 Å². The Labute approximate surface area is 129 Å². The molecule has 0 N–H and O–H groups in total. The number of carbonyl (C=O) groups is 1. The van der Waals surface area contributed by atoms with Crippen molar-refractivity contribution in [2.45, 2.75) is 45.1 Å². The third kappa shape index (κ3) is 3.45. The van der Waals surface area contributed by atoms with Crippen LogP contribution in [0.2, 0.25) is 0 Å². The number of carbonyl (C=O) groups excluding carboxylic acids is 1. The second kappa shape index (κ2) is 6.05. The molecule has 8 heteroatoms. The molecule has 0 amide bonds. The zero-order chi connectivity index (χ0) is 18.1. The van der Waals surface area contributed by atoms with Crippen molar-refractivity contribution in [3.63, 3.8) is 0 Å². The summed E-state index contributed by atoms with van der Waals surface area (Å²) in [6, 6.07) is 4.56. The first-order chi connectivity index (χ1) is 10.3. The number of ether oxygens (including phenoxy) is 1. The molecule has 130 valence electrons. The Balaban J connectivity index is 3.58. The number of alkyl halides is 6. The van der Waals surface area contributed by atoms with Gasteiger partial charge in [-0.05, 0) is 20.3 Å². The van der Waals surface area contributed by atoms with Crippen molar-refractivity contribution in [3.05, 3.63) is 35.9 Å². The van der Waals surface area contributed by atoms with Gasteiger partial charge in [0, 0.05) is 5.56 Å². The number of halogens is 6. The molecule has 1 rings (SSSR count). The van der Waals surface area contributed by atoms with Crippen LogP contribution < -0.4 is 0 Å². The molecule has 0 fully saturated rings. The van der Waals surface area contributed by atoms with Crippen LogP contribution in [0.4, 0.5) is 26.3 Å². The van der Waals surface area contributed by atoms with Crippen molar-refractivity contribution in [2.24, 2.45) is 5.41 Å². The highest BCUT2D eigenvalue weighted by Crippen LogP contribution is 2.53. The van der Waals surface area contributed by atoms with E-state index in [0.717, 1.165) is 12.1 Å². The Bertz CT molecular complexity index is 531. The molecule has 0 spiro atoms. The molecule has 0 aromatic heterocycles. The smallest absolute Gasteiger partial charge is 0.434 e. The van der Waals surface area contributed by atoms with Crippen LogP contribution in [0.3, 0.4) is 0 Å². The molecular formula is C15H16F6O2. The summed E-state index contributed by atoms with van der Waals surface area (Å²) in [5, 5.41) is 0.